The summed E-state index contributed by atoms with van der Waals surface area (Å²) in [5, 5.41) is 13.5. The van der Waals surface area contributed by atoms with Crippen LogP contribution in [0, 0.1) is 0 Å². The first-order valence-corrected chi connectivity index (χ1v) is 6.93. The van der Waals surface area contributed by atoms with E-state index >= 15 is 0 Å². The topological polar surface area (TPSA) is 85.2 Å². The second-order valence-corrected chi connectivity index (χ2v) is 6.26. The number of benzene rings is 1. The summed E-state index contributed by atoms with van der Waals surface area (Å²) in [6.45, 7) is 0. The average molecular weight is 338 g/mol. The zero-order chi connectivity index (χ0) is 13.4. The van der Waals surface area contributed by atoms with Crippen LogP contribution < -0.4 is 5.73 Å². The van der Waals surface area contributed by atoms with Crippen LogP contribution in [0.5, 0.6) is 5.75 Å². The third-order valence-electron chi connectivity index (χ3n) is 2.50. The van der Waals surface area contributed by atoms with Crippen molar-refractivity contribution in [1.82, 2.24) is 10.1 Å². The van der Waals surface area contributed by atoms with Gasteiger partial charge in [0.1, 0.15) is 5.75 Å². The maximum atomic E-state index is 9.57. The van der Waals surface area contributed by atoms with Gasteiger partial charge in [0.15, 0.2) is 0 Å². The van der Waals surface area contributed by atoms with Crippen LogP contribution in [-0.2, 0) is 0 Å². The Balaban J connectivity index is 1.98. The van der Waals surface area contributed by atoms with Gasteiger partial charge in [-0.2, -0.15) is 4.98 Å². The lowest BCUT2D eigenvalue weighted by molar-refractivity contribution is 0.431. The maximum absolute atomic E-state index is 9.57. The summed E-state index contributed by atoms with van der Waals surface area (Å²) in [7, 11) is 0. The summed E-state index contributed by atoms with van der Waals surface area (Å²) >= 11 is 4.90. The molecular formula is C12H8BrN3O2S. The second kappa shape index (κ2) is 4.67. The Labute approximate surface area is 120 Å². The fourth-order valence-corrected chi connectivity index (χ4v) is 2.86. The predicted octanol–water partition coefficient (Wildman–Crippen LogP) is 3.52. The summed E-state index contributed by atoms with van der Waals surface area (Å²) in [4.78, 5) is 5.20. The van der Waals surface area contributed by atoms with E-state index in [1.54, 1.807) is 12.1 Å². The number of phenolic OH excluding ortho intramolecular Hbond substituents is 1. The van der Waals surface area contributed by atoms with Crippen molar-refractivity contribution in [2.75, 3.05) is 5.73 Å². The van der Waals surface area contributed by atoms with Crippen LogP contribution in [-0.4, -0.2) is 15.2 Å². The van der Waals surface area contributed by atoms with E-state index in [0.717, 1.165) is 8.66 Å². The van der Waals surface area contributed by atoms with Gasteiger partial charge in [-0.1, -0.05) is 5.16 Å². The van der Waals surface area contributed by atoms with Crippen LogP contribution in [0.2, 0.25) is 0 Å². The Morgan fingerprint density at radius 2 is 2.11 bits per heavy atom. The number of nitrogen functional groups attached to an aromatic ring is 1. The first-order valence-electron chi connectivity index (χ1n) is 5.32. The number of phenols is 1. The quantitative estimate of drug-likeness (QED) is 0.552. The highest BCUT2D eigenvalue weighted by molar-refractivity contribution is 9.11. The van der Waals surface area contributed by atoms with Gasteiger partial charge in [-0.05, 0) is 46.3 Å². The second-order valence-electron chi connectivity index (χ2n) is 3.80. The molecule has 0 saturated carbocycles. The molecule has 0 bridgehead atoms. The Morgan fingerprint density at radius 3 is 2.79 bits per heavy atom. The van der Waals surface area contributed by atoms with Crippen LogP contribution in [0.4, 0.5) is 5.69 Å². The van der Waals surface area contributed by atoms with Crippen molar-refractivity contribution in [1.29, 1.82) is 0 Å². The van der Waals surface area contributed by atoms with E-state index in [-0.39, 0.29) is 5.75 Å². The van der Waals surface area contributed by atoms with Crippen LogP contribution in [0.25, 0.3) is 22.2 Å². The minimum Gasteiger partial charge on any atom is -0.506 e. The molecule has 7 heteroatoms. The minimum absolute atomic E-state index is 0.00359. The molecule has 3 N–H and O–H groups in total. The van der Waals surface area contributed by atoms with Gasteiger partial charge in [-0.3, -0.25) is 0 Å². The standard InChI is InChI=1S/C12H8BrN3O2S/c13-10-4-3-9(19-10)11-15-12(18-16-11)6-1-2-7(14)8(17)5-6/h1-5,17H,14H2. The lowest BCUT2D eigenvalue weighted by Gasteiger charge is -1.99. The summed E-state index contributed by atoms with van der Waals surface area (Å²) in [6, 6.07) is 8.64. The highest BCUT2D eigenvalue weighted by Gasteiger charge is 2.13. The summed E-state index contributed by atoms with van der Waals surface area (Å²) in [6.07, 6.45) is 0. The monoisotopic (exact) mass is 337 g/mol. The third-order valence-corrected chi connectivity index (χ3v) is 4.12. The van der Waals surface area contributed by atoms with Crippen molar-refractivity contribution in [2.45, 2.75) is 0 Å². The molecule has 0 spiro atoms. The number of thiophene rings is 1. The number of aromatic nitrogens is 2. The zero-order valence-electron chi connectivity index (χ0n) is 9.50. The Hall–Kier alpha value is -1.86. The molecule has 1 aromatic carbocycles. The van der Waals surface area contributed by atoms with Gasteiger partial charge in [0.05, 0.1) is 14.4 Å². The number of hydrogen-bond donors (Lipinski definition) is 2. The van der Waals surface area contributed by atoms with Crippen LogP contribution in [0.1, 0.15) is 0 Å². The van der Waals surface area contributed by atoms with Crippen molar-refractivity contribution >= 4 is 33.0 Å². The molecule has 3 aromatic rings. The molecule has 3 rings (SSSR count). The van der Waals surface area contributed by atoms with E-state index in [0.29, 0.717) is 23.0 Å². The first-order chi connectivity index (χ1) is 9.13. The van der Waals surface area contributed by atoms with Crippen LogP contribution >= 0.6 is 27.3 Å². The lowest BCUT2D eigenvalue weighted by Crippen LogP contribution is -1.86. The van der Waals surface area contributed by atoms with Crippen LogP contribution in [0.15, 0.2) is 38.6 Å². The highest BCUT2D eigenvalue weighted by atomic mass is 79.9. The first kappa shape index (κ1) is 12.2. The van der Waals surface area contributed by atoms with Crippen molar-refractivity contribution in [3.8, 4) is 27.9 Å². The third kappa shape index (κ3) is 2.34. The SMILES string of the molecule is Nc1ccc(-c2nc(-c3ccc(Br)s3)no2)cc1O. The Bertz CT molecular complexity index is 738. The van der Waals surface area contributed by atoms with Crippen molar-refractivity contribution < 1.29 is 9.63 Å². The number of halogens is 1. The highest BCUT2D eigenvalue weighted by Crippen LogP contribution is 2.32. The van der Waals surface area contributed by atoms with Crippen LogP contribution in [0.3, 0.4) is 0 Å². The number of rotatable bonds is 2. The predicted molar refractivity (Wildman–Crippen MR) is 76.8 cm³/mol. The molecule has 2 heterocycles. The van der Waals surface area contributed by atoms with Crippen molar-refractivity contribution in [3.63, 3.8) is 0 Å². The summed E-state index contributed by atoms with van der Waals surface area (Å²) in [5.41, 5.74) is 6.48. The molecule has 96 valence electrons. The fourth-order valence-electron chi connectivity index (χ4n) is 1.55. The molecule has 0 radical (unpaired) electrons. The minimum atomic E-state index is -0.00359. The molecule has 0 unspecified atom stereocenters. The Morgan fingerprint density at radius 1 is 1.26 bits per heavy atom. The molecule has 0 fully saturated rings. The maximum Gasteiger partial charge on any atom is 0.258 e. The van der Waals surface area contributed by atoms with E-state index in [9.17, 15) is 5.11 Å². The van der Waals surface area contributed by atoms with E-state index in [1.165, 1.54) is 17.4 Å². The molecule has 5 nitrogen and oxygen atoms in total. The molecule has 0 aliphatic rings. The van der Waals surface area contributed by atoms with Gasteiger partial charge in [-0.25, -0.2) is 0 Å². The smallest absolute Gasteiger partial charge is 0.258 e. The van der Waals surface area contributed by atoms with Crippen molar-refractivity contribution in [3.05, 3.63) is 34.1 Å². The Kier molecular flexibility index (Phi) is 3.00. The number of anilines is 1. The van der Waals surface area contributed by atoms with Crippen molar-refractivity contribution in [2.24, 2.45) is 0 Å². The molecule has 0 aliphatic carbocycles. The number of nitrogens with two attached hydrogens (primary N) is 1. The molecule has 19 heavy (non-hydrogen) atoms. The molecule has 0 amide bonds. The molecular weight excluding hydrogens is 330 g/mol. The van der Waals surface area contributed by atoms with E-state index < -0.39 is 0 Å². The van der Waals surface area contributed by atoms with Gasteiger partial charge in [0.25, 0.3) is 5.89 Å². The summed E-state index contributed by atoms with van der Waals surface area (Å²) < 4.78 is 6.19. The van der Waals surface area contributed by atoms with Gasteiger partial charge >= 0.3 is 0 Å². The van der Waals surface area contributed by atoms with Gasteiger partial charge in [0.2, 0.25) is 5.82 Å². The molecule has 0 aliphatic heterocycles. The molecule has 2 aromatic heterocycles. The van der Waals surface area contributed by atoms with Gasteiger partial charge in [-0.15, -0.1) is 11.3 Å². The van der Waals surface area contributed by atoms with Gasteiger partial charge < -0.3 is 15.4 Å². The van der Waals surface area contributed by atoms with Gasteiger partial charge in [0, 0.05) is 5.56 Å². The van der Waals surface area contributed by atoms with E-state index in [2.05, 4.69) is 26.1 Å². The fraction of sp³-hybridized carbons (Fsp3) is 0. The summed E-state index contributed by atoms with van der Waals surface area (Å²) in [5.74, 6) is 0.855. The zero-order valence-corrected chi connectivity index (χ0v) is 11.9. The molecule has 0 atom stereocenters. The number of hydrogen-bond acceptors (Lipinski definition) is 6. The molecule has 0 saturated heterocycles. The van der Waals surface area contributed by atoms with E-state index in [1.807, 2.05) is 12.1 Å². The normalized spacial score (nSPS) is 10.8. The largest absolute Gasteiger partial charge is 0.506 e. The van der Waals surface area contributed by atoms with E-state index in [4.69, 9.17) is 10.3 Å². The number of aromatic hydroxyl groups is 1. The lowest BCUT2D eigenvalue weighted by atomic mass is 10.2. The average Bonchev–Trinajstić information content (AvgIpc) is 3.01. The number of nitrogens with zero attached hydrogens (tertiary/aromatic N) is 2.